The molecule has 1 aromatic heterocycles. The van der Waals surface area contributed by atoms with E-state index in [4.69, 9.17) is 0 Å². The first-order valence-corrected chi connectivity index (χ1v) is 7.59. The zero-order valence-electron chi connectivity index (χ0n) is 10.6. The minimum atomic E-state index is 0.616. The molecule has 0 unspecified atom stereocenters. The highest BCUT2D eigenvalue weighted by atomic mass is 79.9. The molecule has 0 spiro atoms. The van der Waals surface area contributed by atoms with Crippen LogP contribution in [0.25, 0.3) is 0 Å². The van der Waals surface area contributed by atoms with Crippen LogP contribution in [0.1, 0.15) is 32.6 Å². The molecule has 1 aromatic rings. The number of nitrogens with zero attached hydrogens (tertiary/aromatic N) is 2. The summed E-state index contributed by atoms with van der Waals surface area (Å²) in [6.45, 7) is 2.93. The van der Waals surface area contributed by atoms with Gasteiger partial charge in [-0.3, -0.25) is 0 Å². The molecular formula is C13H19BrN4. The fraction of sp³-hybridized carbons (Fsp3) is 0.692. The summed E-state index contributed by atoms with van der Waals surface area (Å²) in [6, 6.07) is 0.616. The van der Waals surface area contributed by atoms with E-state index in [1.54, 1.807) is 6.33 Å². The summed E-state index contributed by atoms with van der Waals surface area (Å²) in [4.78, 5) is 8.62. The van der Waals surface area contributed by atoms with E-state index in [-0.39, 0.29) is 0 Å². The third-order valence-electron chi connectivity index (χ3n) is 3.70. The number of halogens is 1. The minimum Gasteiger partial charge on any atom is -0.369 e. The van der Waals surface area contributed by atoms with Crippen LogP contribution in [-0.4, -0.2) is 22.6 Å². The maximum atomic E-state index is 4.37. The second-order valence-corrected chi connectivity index (χ2v) is 6.05. The van der Waals surface area contributed by atoms with Crippen LogP contribution in [0.5, 0.6) is 0 Å². The molecule has 0 saturated heterocycles. The maximum Gasteiger partial charge on any atom is 0.146 e. The number of aromatic nitrogens is 2. The molecule has 2 N–H and O–H groups in total. The van der Waals surface area contributed by atoms with Crippen LogP contribution in [0.2, 0.25) is 0 Å². The Labute approximate surface area is 116 Å². The van der Waals surface area contributed by atoms with E-state index < -0.39 is 0 Å². The summed E-state index contributed by atoms with van der Waals surface area (Å²) in [6.07, 6.45) is 7.11. The highest BCUT2D eigenvalue weighted by Gasteiger charge is 2.41. The van der Waals surface area contributed by atoms with Gasteiger partial charge in [0.2, 0.25) is 0 Å². The van der Waals surface area contributed by atoms with E-state index in [1.165, 1.54) is 25.7 Å². The molecule has 2 saturated carbocycles. The first-order valence-electron chi connectivity index (χ1n) is 6.80. The highest BCUT2D eigenvalue weighted by Crippen LogP contribution is 2.46. The summed E-state index contributed by atoms with van der Waals surface area (Å²) < 4.78 is 0.957. The van der Waals surface area contributed by atoms with E-state index in [1.807, 2.05) is 0 Å². The average molecular weight is 311 g/mol. The van der Waals surface area contributed by atoms with Crippen molar-refractivity contribution >= 4 is 27.6 Å². The Bertz CT molecular complexity index is 417. The van der Waals surface area contributed by atoms with Crippen molar-refractivity contribution in [2.75, 3.05) is 17.2 Å². The van der Waals surface area contributed by atoms with Gasteiger partial charge < -0.3 is 10.6 Å². The van der Waals surface area contributed by atoms with Crippen LogP contribution < -0.4 is 10.6 Å². The van der Waals surface area contributed by atoms with Crippen molar-refractivity contribution < 1.29 is 0 Å². The Morgan fingerprint density at radius 1 is 1.22 bits per heavy atom. The minimum absolute atomic E-state index is 0.616. The molecule has 2 aliphatic carbocycles. The first-order chi connectivity index (χ1) is 8.79. The van der Waals surface area contributed by atoms with E-state index in [0.717, 1.165) is 34.5 Å². The molecule has 0 aromatic carbocycles. The van der Waals surface area contributed by atoms with Gasteiger partial charge >= 0.3 is 0 Å². The second-order valence-electron chi connectivity index (χ2n) is 5.26. The van der Waals surface area contributed by atoms with Gasteiger partial charge in [0.25, 0.3) is 0 Å². The van der Waals surface area contributed by atoms with Gasteiger partial charge in [-0.1, -0.05) is 0 Å². The first kappa shape index (κ1) is 12.2. The molecular weight excluding hydrogens is 292 g/mol. The summed E-state index contributed by atoms with van der Waals surface area (Å²) in [5.41, 5.74) is 0. The van der Waals surface area contributed by atoms with E-state index in [2.05, 4.69) is 43.5 Å². The molecule has 0 amide bonds. The zero-order valence-corrected chi connectivity index (χ0v) is 12.2. The summed E-state index contributed by atoms with van der Waals surface area (Å²) in [5.74, 6) is 3.54. The van der Waals surface area contributed by atoms with Crippen molar-refractivity contribution in [2.45, 2.75) is 38.6 Å². The quantitative estimate of drug-likeness (QED) is 0.846. The van der Waals surface area contributed by atoms with Gasteiger partial charge in [0.05, 0.1) is 0 Å². The van der Waals surface area contributed by atoms with E-state index in [9.17, 15) is 0 Å². The lowest BCUT2D eigenvalue weighted by atomic mass is 10.1. The Morgan fingerprint density at radius 3 is 2.39 bits per heavy atom. The topological polar surface area (TPSA) is 49.8 Å². The van der Waals surface area contributed by atoms with Crippen molar-refractivity contribution in [1.82, 2.24) is 9.97 Å². The molecule has 4 nitrogen and oxygen atoms in total. The molecule has 0 atom stereocenters. The van der Waals surface area contributed by atoms with Crippen LogP contribution in [0.4, 0.5) is 11.6 Å². The Balaban J connectivity index is 1.76. The molecule has 1 heterocycles. The van der Waals surface area contributed by atoms with Gasteiger partial charge in [-0.25, -0.2) is 9.97 Å². The third-order valence-corrected chi connectivity index (χ3v) is 4.45. The normalized spacial score (nSPS) is 19.1. The van der Waals surface area contributed by atoms with Gasteiger partial charge in [0, 0.05) is 12.6 Å². The summed E-state index contributed by atoms with van der Waals surface area (Å²) in [7, 11) is 0. The molecule has 2 aliphatic rings. The lowest BCUT2D eigenvalue weighted by Gasteiger charge is -2.19. The molecule has 98 valence electrons. The Morgan fingerprint density at radius 2 is 1.83 bits per heavy atom. The van der Waals surface area contributed by atoms with Gasteiger partial charge in [0.15, 0.2) is 0 Å². The lowest BCUT2D eigenvalue weighted by Crippen LogP contribution is -2.25. The van der Waals surface area contributed by atoms with Crippen LogP contribution in [0.3, 0.4) is 0 Å². The largest absolute Gasteiger partial charge is 0.369 e. The highest BCUT2D eigenvalue weighted by molar-refractivity contribution is 9.10. The van der Waals surface area contributed by atoms with Crippen molar-refractivity contribution in [2.24, 2.45) is 11.8 Å². The number of rotatable bonds is 6. The molecule has 3 rings (SSSR count). The van der Waals surface area contributed by atoms with Crippen molar-refractivity contribution in [1.29, 1.82) is 0 Å². The summed E-state index contributed by atoms with van der Waals surface area (Å²) >= 11 is 3.60. The van der Waals surface area contributed by atoms with Crippen molar-refractivity contribution in [3.05, 3.63) is 10.8 Å². The Hall–Kier alpha value is -0.840. The van der Waals surface area contributed by atoms with Gasteiger partial charge in [-0.2, -0.15) is 0 Å². The van der Waals surface area contributed by atoms with Crippen LogP contribution in [0, 0.1) is 11.8 Å². The van der Waals surface area contributed by atoms with Crippen LogP contribution >= 0.6 is 15.9 Å². The van der Waals surface area contributed by atoms with Gasteiger partial charge in [-0.15, -0.1) is 0 Å². The standard InChI is InChI=1S/C13H19BrN4/c1-2-15-12-10(14)13(17-7-16-12)18-11(8-3-4-8)9-5-6-9/h7-9,11H,2-6H2,1H3,(H2,15,16,17,18). The lowest BCUT2D eigenvalue weighted by molar-refractivity contribution is 0.565. The van der Waals surface area contributed by atoms with Gasteiger partial charge in [-0.05, 0) is 60.4 Å². The van der Waals surface area contributed by atoms with Crippen molar-refractivity contribution in [3.8, 4) is 0 Å². The fourth-order valence-corrected chi connectivity index (χ4v) is 2.91. The van der Waals surface area contributed by atoms with Crippen molar-refractivity contribution in [3.63, 3.8) is 0 Å². The van der Waals surface area contributed by atoms with E-state index in [0.29, 0.717) is 6.04 Å². The van der Waals surface area contributed by atoms with Crippen LogP contribution in [-0.2, 0) is 0 Å². The average Bonchev–Trinajstić information content (AvgIpc) is 3.24. The summed E-state index contributed by atoms with van der Waals surface area (Å²) in [5, 5.41) is 6.87. The monoisotopic (exact) mass is 310 g/mol. The number of nitrogens with one attached hydrogen (secondary N) is 2. The Kier molecular flexibility index (Phi) is 3.41. The number of anilines is 2. The fourth-order valence-electron chi connectivity index (χ4n) is 2.45. The molecule has 0 radical (unpaired) electrons. The maximum absolute atomic E-state index is 4.37. The zero-order chi connectivity index (χ0) is 12.5. The molecule has 0 aliphatic heterocycles. The predicted molar refractivity (Wildman–Crippen MR) is 76.8 cm³/mol. The second kappa shape index (κ2) is 5.03. The number of hydrogen-bond donors (Lipinski definition) is 2. The molecule has 5 heteroatoms. The van der Waals surface area contributed by atoms with Gasteiger partial charge in [0.1, 0.15) is 22.4 Å². The smallest absolute Gasteiger partial charge is 0.146 e. The third kappa shape index (κ3) is 2.60. The SMILES string of the molecule is CCNc1ncnc(NC(C2CC2)C2CC2)c1Br. The number of hydrogen-bond acceptors (Lipinski definition) is 4. The predicted octanol–water partition coefficient (Wildman–Crippen LogP) is 3.27. The molecule has 2 fully saturated rings. The van der Waals surface area contributed by atoms with Crippen LogP contribution in [0.15, 0.2) is 10.8 Å². The molecule has 0 bridgehead atoms. The van der Waals surface area contributed by atoms with E-state index >= 15 is 0 Å². The molecule has 18 heavy (non-hydrogen) atoms.